The van der Waals surface area contributed by atoms with E-state index in [1.165, 1.54) is 17.7 Å². The molecule has 1 spiro atoms. The number of amides is 1. The molecule has 0 aromatic heterocycles. The third-order valence-electron chi connectivity index (χ3n) is 7.29. The van der Waals surface area contributed by atoms with E-state index in [0.29, 0.717) is 39.4 Å². The molecule has 3 aliphatic rings. The maximum absolute atomic E-state index is 13.4. The van der Waals surface area contributed by atoms with Crippen molar-refractivity contribution in [3.63, 3.8) is 0 Å². The van der Waals surface area contributed by atoms with E-state index in [4.69, 9.17) is 4.74 Å². The number of hydrogen-bond acceptors (Lipinski definition) is 5. The van der Waals surface area contributed by atoms with Crippen molar-refractivity contribution >= 4 is 5.91 Å². The second-order valence-corrected chi connectivity index (χ2v) is 9.13. The quantitative estimate of drug-likeness (QED) is 0.743. The lowest BCUT2D eigenvalue weighted by molar-refractivity contribution is -0.200. The van der Waals surface area contributed by atoms with Gasteiger partial charge in [0.25, 0.3) is 0 Å². The van der Waals surface area contributed by atoms with Crippen molar-refractivity contribution in [1.29, 1.82) is 0 Å². The van der Waals surface area contributed by atoms with Gasteiger partial charge >= 0.3 is 0 Å². The van der Waals surface area contributed by atoms with Crippen molar-refractivity contribution in [1.82, 2.24) is 14.7 Å². The van der Waals surface area contributed by atoms with Gasteiger partial charge in [-0.2, -0.15) is 0 Å². The number of carbonyl (C=O) groups excluding carboxylic acids is 1. The molecule has 0 unspecified atom stereocenters. The summed E-state index contributed by atoms with van der Waals surface area (Å²) in [4.78, 5) is 19.4. The summed E-state index contributed by atoms with van der Waals surface area (Å²) in [6.45, 7) is 5.33. The number of aliphatic hydroxyl groups excluding tert-OH is 1. The van der Waals surface area contributed by atoms with E-state index in [1.807, 2.05) is 23.1 Å². The average Bonchev–Trinajstić information content (AvgIpc) is 2.78. The number of ether oxygens (including phenoxy) is 1. The first-order valence-corrected chi connectivity index (χ1v) is 11.4. The Morgan fingerprint density at radius 3 is 2.41 bits per heavy atom. The smallest absolute Gasteiger partial charge is 0.236 e. The maximum atomic E-state index is 13.4. The molecule has 32 heavy (non-hydrogen) atoms. The third kappa shape index (κ3) is 3.83. The van der Waals surface area contributed by atoms with Crippen LogP contribution in [-0.2, 0) is 16.1 Å². The van der Waals surface area contributed by atoms with E-state index in [-0.39, 0.29) is 35.8 Å². The molecule has 3 saturated heterocycles. The molecule has 2 aromatic carbocycles. The topological polar surface area (TPSA) is 56.3 Å². The number of nitrogens with zero attached hydrogens (tertiary/aromatic N) is 3. The van der Waals surface area contributed by atoms with Crippen LogP contribution in [0.25, 0.3) is 0 Å². The van der Waals surface area contributed by atoms with Crippen LogP contribution in [0.15, 0.2) is 54.6 Å². The molecule has 0 saturated carbocycles. The minimum atomic E-state index is -0.253. The van der Waals surface area contributed by atoms with E-state index in [1.54, 1.807) is 12.1 Å². The van der Waals surface area contributed by atoms with Crippen LogP contribution in [0.3, 0.4) is 0 Å². The molecule has 3 heterocycles. The molecule has 7 heteroatoms. The van der Waals surface area contributed by atoms with Crippen molar-refractivity contribution in [3.8, 4) is 0 Å². The first-order valence-electron chi connectivity index (χ1n) is 11.4. The molecule has 0 bridgehead atoms. The van der Waals surface area contributed by atoms with Gasteiger partial charge in [0, 0.05) is 44.7 Å². The van der Waals surface area contributed by atoms with Gasteiger partial charge in [-0.05, 0) is 23.3 Å². The number of morpholine rings is 1. The number of aliphatic hydroxyl groups is 1. The first-order chi connectivity index (χ1) is 15.6. The number of carbonyl (C=O) groups is 1. The van der Waals surface area contributed by atoms with Gasteiger partial charge in [-0.15, -0.1) is 0 Å². The summed E-state index contributed by atoms with van der Waals surface area (Å²) in [5, 5.41) is 10.3. The highest BCUT2D eigenvalue weighted by Crippen LogP contribution is 2.54. The third-order valence-corrected chi connectivity index (χ3v) is 7.29. The lowest BCUT2D eigenvalue weighted by atomic mass is 9.60. The fraction of sp³-hybridized carbons (Fsp3) is 0.480. The number of rotatable bonds is 6. The highest BCUT2D eigenvalue weighted by atomic mass is 19.1. The van der Waals surface area contributed by atoms with Crippen LogP contribution < -0.4 is 0 Å². The second-order valence-electron chi connectivity index (χ2n) is 9.13. The predicted octanol–water partition coefficient (Wildman–Crippen LogP) is 1.70. The Labute approximate surface area is 188 Å². The van der Waals surface area contributed by atoms with E-state index in [9.17, 15) is 14.3 Å². The summed E-state index contributed by atoms with van der Waals surface area (Å²) in [5.41, 5.74) is 2.00. The van der Waals surface area contributed by atoms with Gasteiger partial charge in [-0.3, -0.25) is 14.6 Å². The molecule has 3 fully saturated rings. The molecule has 2 atom stereocenters. The van der Waals surface area contributed by atoms with Crippen molar-refractivity contribution in [3.05, 3.63) is 71.5 Å². The highest BCUT2D eigenvalue weighted by molar-refractivity contribution is 5.80. The molecule has 5 rings (SSSR count). The molecule has 3 aliphatic heterocycles. The maximum Gasteiger partial charge on any atom is 0.236 e. The molecular formula is C25H30FN3O3. The fourth-order valence-corrected chi connectivity index (χ4v) is 5.64. The normalized spacial score (nSPS) is 25.4. The average molecular weight is 440 g/mol. The number of benzene rings is 2. The van der Waals surface area contributed by atoms with Gasteiger partial charge in [0.05, 0.1) is 31.9 Å². The second kappa shape index (κ2) is 8.90. The van der Waals surface area contributed by atoms with Crippen LogP contribution in [0.5, 0.6) is 0 Å². The zero-order valence-electron chi connectivity index (χ0n) is 18.2. The van der Waals surface area contributed by atoms with Crippen LogP contribution in [-0.4, -0.2) is 89.8 Å². The molecule has 0 radical (unpaired) electrons. The SMILES string of the molecule is O=C(CN1CCOCC1)N1CC2(C1)[C@H](c1ccccc1)[C@@H](CO)N2Cc1ccc(F)cc1. The van der Waals surface area contributed by atoms with E-state index >= 15 is 0 Å². The van der Waals surface area contributed by atoms with Gasteiger partial charge in [0.15, 0.2) is 0 Å². The highest BCUT2D eigenvalue weighted by Gasteiger charge is 2.66. The summed E-state index contributed by atoms with van der Waals surface area (Å²) in [5.74, 6) is 0.0524. The summed E-state index contributed by atoms with van der Waals surface area (Å²) in [6, 6.07) is 16.8. The van der Waals surface area contributed by atoms with E-state index < -0.39 is 0 Å². The van der Waals surface area contributed by atoms with Gasteiger partial charge < -0.3 is 14.7 Å². The van der Waals surface area contributed by atoms with Crippen LogP contribution >= 0.6 is 0 Å². The minimum Gasteiger partial charge on any atom is -0.395 e. The molecule has 1 N–H and O–H groups in total. The van der Waals surface area contributed by atoms with Crippen LogP contribution in [0.1, 0.15) is 17.0 Å². The van der Waals surface area contributed by atoms with Crippen molar-refractivity contribution in [2.75, 3.05) is 52.5 Å². The van der Waals surface area contributed by atoms with Gasteiger partial charge in [0.2, 0.25) is 5.91 Å². The molecule has 1 amide bonds. The molecule has 0 aliphatic carbocycles. The van der Waals surface area contributed by atoms with Crippen LogP contribution in [0.2, 0.25) is 0 Å². The monoisotopic (exact) mass is 439 g/mol. The summed E-state index contributed by atoms with van der Waals surface area (Å²) in [6.07, 6.45) is 0. The van der Waals surface area contributed by atoms with E-state index in [0.717, 1.165) is 18.7 Å². The number of hydrogen-bond donors (Lipinski definition) is 1. The predicted molar refractivity (Wildman–Crippen MR) is 119 cm³/mol. The largest absolute Gasteiger partial charge is 0.395 e. The number of likely N-dealkylation sites (tertiary alicyclic amines) is 2. The summed E-state index contributed by atoms with van der Waals surface area (Å²) in [7, 11) is 0. The summed E-state index contributed by atoms with van der Waals surface area (Å²) >= 11 is 0. The Kier molecular flexibility index (Phi) is 5.99. The number of halogens is 1. The zero-order valence-corrected chi connectivity index (χ0v) is 18.2. The van der Waals surface area contributed by atoms with Crippen molar-refractivity contribution in [2.24, 2.45) is 0 Å². The van der Waals surface area contributed by atoms with Crippen LogP contribution in [0.4, 0.5) is 4.39 Å². The molecular weight excluding hydrogens is 409 g/mol. The Hall–Kier alpha value is -2.32. The minimum absolute atomic E-state index is 0.0288. The van der Waals surface area contributed by atoms with Gasteiger partial charge in [-0.25, -0.2) is 4.39 Å². The van der Waals surface area contributed by atoms with Crippen LogP contribution in [0, 0.1) is 5.82 Å². The fourth-order valence-electron chi connectivity index (χ4n) is 5.64. The molecule has 6 nitrogen and oxygen atoms in total. The van der Waals surface area contributed by atoms with Crippen molar-refractivity contribution < 1.29 is 19.0 Å². The Bertz CT molecular complexity index is 927. The molecule has 2 aromatic rings. The first kappa shape index (κ1) is 21.5. The zero-order chi connectivity index (χ0) is 22.1. The molecule has 170 valence electrons. The van der Waals surface area contributed by atoms with Crippen molar-refractivity contribution in [2.45, 2.75) is 24.0 Å². The Morgan fingerprint density at radius 1 is 1.06 bits per heavy atom. The Morgan fingerprint density at radius 2 is 1.75 bits per heavy atom. The van der Waals surface area contributed by atoms with Gasteiger partial charge in [0.1, 0.15) is 5.82 Å². The Balaban J connectivity index is 1.34. The lowest BCUT2D eigenvalue weighted by Gasteiger charge is -2.71. The van der Waals surface area contributed by atoms with Gasteiger partial charge in [-0.1, -0.05) is 42.5 Å². The summed E-state index contributed by atoms with van der Waals surface area (Å²) < 4.78 is 18.8. The van der Waals surface area contributed by atoms with E-state index in [2.05, 4.69) is 21.9 Å². The standard InChI is InChI=1S/C25H30FN3O3/c26-21-8-6-19(7-9-21)14-29-22(16-30)24(20-4-2-1-3-5-20)25(29)17-28(18-25)23(31)15-27-10-12-32-13-11-27/h1-9,22,24,30H,10-18H2/t22-,24-/m1/s1. The lowest BCUT2D eigenvalue weighted by Crippen LogP contribution is -2.84.